The molecule has 4 aromatic carbocycles. The van der Waals surface area contributed by atoms with Gasteiger partial charge in [0.25, 0.3) is 0 Å². The van der Waals surface area contributed by atoms with Gasteiger partial charge in [0.15, 0.2) is 0 Å². The molecule has 0 aromatic heterocycles. The fourth-order valence-corrected chi connectivity index (χ4v) is 14.5. The van der Waals surface area contributed by atoms with Crippen LogP contribution < -0.4 is 29.9 Å². The first-order chi connectivity index (χ1) is 20.1. The highest BCUT2D eigenvalue weighted by Gasteiger charge is 2.58. The van der Waals surface area contributed by atoms with E-state index in [1.807, 2.05) is 14.2 Å². The van der Waals surface area contributed by atoms with Crippen LogP contribution in [0.4, 0.5) is 22.7 Å². The van der Waals surface area contributed by atoms with Crippen LogP contribution in [0.15, 0.2) is 97.1 Å². The van der Waals surface area contributed by atoms with E-state index in [0.29, 0.717) is 0 Å². The van der Waals surface area contributed by atoms with E-state index in [0.717, 1.165) is 11.5 Å². The topological polar surface area (TPSA) is 24.9 Å². The Balaban J connectivity index is 1.71. The molecule has 0 amide bonds. The zero-order valence-electron chi connectivity index (χ0n) is 26.0. The summed E-state index contributed by atoms with van der Waals surface area (Å²) in [5, 5.41) is 2.78. The fraction of sp³-hybridized carbons (Fsp3) is 0.333. The number of ether oxygens (including phenoxy) is 2. The number of fused-ring (bicyclic) bond motifs is 2. The van der Waals surface area contributed by atoms with Crippen LogP contribution in [0.5, 0.6) is 11.5 Å². The van der Waals surface area contributed by atoms with Crippen molar-refractivity contribution in [3.63, 3.8) is 0 Å². The molecule has 0 saturated heterocycles. The molecule has 0 N–H and O–H groups in total. The number of hydrogen-bond acceptors (Lipinski definition) is 4. The van der Waals surface area contributed by atoms with Crippen LogP contribution in [0.1, 0.15) is 41.5 Å². The lowest BCUT2D eigenvalue weighted by atomic mass is 10.2. The number of benzene rings is 4. The van der Waals surface area contributed by atoms with Crippen molar-refractivity contribution in [2.24, 2.45) is 0 Å². The molecular weight excluding hydrogens is 554 g/mol. The summed E-state index contributed by atoms with van der Waals surface area (Å²) in [7, 11) is 2.16. The van der Waals surface area contributed by atoms with Gasteiger partial charge in [0, 0.05) is 22.0 Å². The SMILES string of the molecule is COc1cccc2c1[P@@](C(C)(C)C)C(C1N(c3ccccc3)c3cccc(OC)c3[P@]1C(C)(C)C)N2c1ccccc1. The molecule has 4 aromatic rings. The first-order valence-electron chi connectivity index (χ1n) is 14.7. The second-order valence-electron chi connectivity index (χ2n) is 13.0. The first kappa shape index (κ1) is 29.0. The Morgan fingerprint density at radius 1 is 0.500 bits per heavy atom. The molecule has 0 radical (unpaired) electrons. The summed E-state index contributed by atoms with van der Waals surface area (Å²) in [6.07, 6.45) is 0. The normalized spacial score (nSPS) is 21.7. The molecule has 4 atom stereocenters. The van der Waals surface area contributed by atoms with Crippen molar-refractivity contribution in [1.82, 2.24) is 0 Å². The van der Waals surface area contributed by atoms with Gasteiger partial charge >= 0.3 is 0 Å². The standard InChI is InChI=1S/C36H42N2O2P2/c1-35(2,3)41-31-27(21-15-23-29(31)39-7)37(25-17-11-9-12-18-25)33(41)34-38(26-19-13-10-14-20-26)28-22-16-24-30(40-8)32(28)42(34)36(4,5)6/h9-24,33-34H,1-8H3/t33?,34?,41-,42+. The smallest absolute Gasteiger partial charge is 0.128 e. The van der Waals surface area contributed by atoms with E-state index in [-0.39, 0.29) is 21.9 Å². The van der Waals surface area contributed by atoms with Crippen LogP contribution >= 0.6 is 15.8 Å². The van der Waals surface area contributed by atoms with E-state index in [2.05, 4.69) is 148 Å². The molecule has 0 bridgehead atoms. The van der Waals surface area contributed by atoms with Crippen molar-refractivity contribution < 1.29 is 9.47 Å². The van der Waals surface area contributed by atoms with Gasteiger partial charge in [-0.05, 0) is 74.7 Å². The van der Waals surface area contributed by atoms with Crippen LogP contribution in [-0.4, -0.2) is 36.1 Å². The van der Waals surface area contributed by atoms with Gasteiger partial charge in [-0.3, -0.25) is 0 Å². The van der Waals surface area contributed by atoms with Crippen molar-refractivity contribution in [3.8, 4) is 11.5 Å². The third kappa shape index (κ3) is 4.68. The molecule has 42 heavy (non-hydrogen) atoms. The molecule has 2 unspecified atom stereocenters. The average molecular weight is 597 g/mol. The summed E-state index contributed by atoms with van der Waals surface area (Å²) in [6, 6.07) is 35.2. The number of para-hydroxylation sites is 2. The Morgan fingerprint density at radius 3 is 1.17 bits per heavy atom. The quantitative estimate of drug-likeness (QED) is 0.215. The predicted molar refractivity (Wildman–Crippen MR) is 183 cm³/mol. The number of methoxy groups -OCH3 is 2. The minimum absolute atomic E-state index is 0.0209. The van der Waals surface area contributed by atoms with Gasteiger partial charge in [0.05, 0.1) is 37.2 Å². The number of hydrogen-bond donors (Lipinski definition) is 0. The van der Waals surface area contributed by atoms with Crippen molar-refractivity contribution in [3.05, 3.63) is 97.1 Å². The molecule has 0 saturated carbocycles. The van der Waals surface area contributed by atoms with Gasteiger partial charge in [-0.15, -0.1) is 0 Å². The zero-order valence-corrected chi connectivity index (χ0v) is 27.8. The number of rotatable bonds is 5. The monoisotopic (exact) mass is 596 g/mol. The maximum absolute atomic E-state index is 6.14. The maximum atomic E-state index is 6.14. The summed E-state index contributed by atoms with van der Waals surface area (Å²) in [5.41, 5.74) is 5.00. The van der Waals surface area contributed by atoms with Crippen LogP contribution in [0.25, 0.3) is 0 Å². The van der Waals surface area contributed by atoms with E-state index in [4.69, 9.17) is 9.47 Å². The molecule has 6 heteroatoms. The highest BCUT2D eigenvalue weighted by molar-refractivity contribution is 7.73. The Bertz CT molecular complexity index is 1440. The molecule has 218 valence electrons. The molecule has 2 aliphatic heterocycles. The van der Waals surface area contributed by atoms with Gasteiger partial charge < -0.3 is 19.3 Å². The van der Waals surface area contributed by atoms with Crippen molar-refractivity contribution in [2.75, 3.05) is 24.0 Å². The van der Waals surface area contributed by atoms with Gasteiger partial charge in [0.2, 0.25) is 0 Å². The maximum Gasteiger partial charge on any atom is 0.128 e. The molecule has 2 aliphatic rings. The summed E-state index contributed by atoms with van der Waals surface area (Å²) in [5.74, 6) is 2.38. The molecule has 6 rings (SSSR count). The van der Waals surface area contributed by atoms with Gasteiger partial charge in [-0.2, -0.15) is 0 Å². The van der Waals surface area contributed by atoms with Gasteiger partial charge in [-0.25, -0.2) is 0 Å². The highest BCUT2D eigenvalue weighted by Crippen LogP contribution is 2.73. The Hall–Kier alpha value is -3.06. The highest BCUT2D eigenvalue weighted by atomic mass is 31.1. The second kappa shape index (κ2) is 10.9. The summed E-state index contributed by atoms with van der Waals surface area (Å²) < 4.78 is 12.3. The van der Waals surface area contributed by atoms with Gasteiger partial charge in [-0.1, -0.05) is 90.1 Å². The third-order valence-corrected chi connectivity index (χ3v) is 15.3. The fourth-order valence-electron chi connectivity index (χ4n) is 6.76. The van der Waals surface area contributed by atoms with E-state index in [9.17, 15) is 0 Å². The van der Waals surface area contributed by atoms with E-state index >= 15 is 0 Å². The number of nitrogens with zero attached hydrogens (tertiary/aromatic N) is 2. The molecule has 2 heterocycles. The van der Waals surface area contributed by atoms with Crippen molar-refractivity contribution in [2.45, 2.75) is 63.4 Å². The summed E-state index contributed by atoms with van der Waals surface area (Å²) in [6.45, 7) is 14.5. The van der Waals surface area contributed by atoms with Crippen molar-refractivity contribution >= 4 is 49.2 Å². The largest absolute Gasteiger partial charge is 0.496 e. The van der Waals surface area contributed by atoms with E-state index < -0.39 is 15.8 Å². The summed E-state index contributed by atoms with van der Waals surface area (Å²) >= 11 is 0. The molecule has 0 aliphatic carbocycles. The predicted octanol–water partition coefficient (Wildman–Crippen LogP) is 9.17. The molecular formula is C36H42N2O2P2. The molecule has 0 fully saturated rings. The van der Waals surface area contributed by atoms with E-state index in [1.54, 1.807) is 0 Å². The van der Waals surface area contributed by atoms with Crippen LogP contribution in [0.2, 0.25) is 0 Å². The van der Waals surface area contributed by atoms with E-state index in [1.165, 1.54) is 33.4 Å². The molecule has 4 nitrogen and oxygen atoms in total. The first-order valence-corrected chi connectivity index (χ1v) is 17.5. The van der Waals surface area contributed by atoms with Crippen LogP contribution in [0.3, 0.4) is 0 Å². The van der Waals surface area contributed by atoms with Crippen molar-refractivity contribution in [1.29, 1.82) is 0 Å². The Morgan fingerprint density at radius 2 is 0.857 bits per heavy atom. The van der Waals surface area contributed by atoms with Crippen LogP contribution in [0, 0.1) is 0 Å². The van der Waals surface area contributed by atoms with Crippen LogP contribution in [-0.2, 0) is 0 Å². The number of anilines is 4. The average Bonchev–Trinajstić information content (AvgIpc) is 3.51. The lowest BCUT2D eigenvalue weighted by molar-refractivity contribution is 0.418. The lowest BCUT2D eigenvalue weighted by Gasteiger charge is -2.47. The Labute approximate surface area is 254 Å². The summed E-state index contributed by atoms with van der Waals surface area (Å²) in [4.78, 5) is 5.32. The Kier molecular flexibility index (Phi) is 7.53. The molecule has 0 spiro atoms. The third-order valence-electron chi connectivity index (χ3n) is 8.24. The zero-order chi connectivity index (χ0) is 29.8. The lowest BCUT2D eigenvalue weighted by Crippen LogP contribution is -2.47. The minimum atomic E-state index is -0.739. The van der Waals surface area contributed by atoms with Gasteiger partial charge in [0.1, 0.15) is 11.5 Å². The second-order valence-corrected chi connectivity index (χ2v) is 19.1. The minimum Gasteiger partial charge on any atom is -0.496 e.